The van der Waals surface area contributed by atoms with E-state index in [2.05, 4.69) is 20.6 Å². The van der Waals surface area contributed by atoms with Crippen LogP contribution in [0.4, 0.5) is 20.5 Å². The van der Waals surface area contributed by atoms with Crippen molar-refractivity contribution in [3.05, 3.63) is 59.7 Å². The number of aromatic nitrogens is 2. The maximum absolute atomic E-state index is 13.8. The Morgan fingerprint density at radius 2 is 1.78 bits per heavy atom. The lowest BCUT2D eigenvalue weighted by Gasteiger charge is -2.28. The van der Waals surface area contributed by atoms with E-state index in [9.17, 15) is 13.6 Å². The Kier molecular flexibility index (Phi) is 6.48. The highest BCUT2D eigenvalue weighted by molar-refractivity contribution is 5.90. The fourth-order valence-electron chi connectivity index (χ4n) is 4.16. The number of anilines is 2. The lowest BCUT2D eigenvalue weighted by atomic mass is 9.85. The molecule has 6 nitrogen and oxygen atoms in total. The molecular formula is C24H27F2N5O. The van der Waals surface area contributed by atoms with Crippen LogP contribution >= 0.6 is 0 Å². The molecule has 1 aliphatic carbocycles. The summed E-state index contributed by atoms with van der Waals surface area (Å²) in [4.78, 5) is 23.8. The molecule has 8 heteroatoms. The summed E-state index contributed by atoms with van der Waals surface area (Å²) in [6.45, 7) is -0.0150. The van der Waals surface area contributed by atoms with Gasteiger partial charge in [-0.15, -0.1) is 0 Å². The highest BCUT2D eigenvalue weighted by Crippen LogP contribution is 2.28. The Morgan fingerprint density at radius 3 is 2.53 bits per heavy atom. The minimum atomic E-state index is -0.909. The summed E-state index contributed by atoms with van der Waals surface area (Å²) < 4.78 is 27.1. The van der Waals surface area contributed by atoms with Crippen LogP contribution < -0.4 is 15.5 Å². The van der Waals surface area contributed by atoms with Gasteiger partial charge in [0.05, 0.1) is 5.52 Å². The van der Waals surface area contributed by atoms with E-state index in [0.29, 0.717) is 18.8 Å². The second kappa shape index (κ2) is 9.46. The summed E-state index contributed by atoms with van der Waals surface area (Å²) in [5.41, 5.74) is 1.03. The lowest BCUT2D eigenvalue weighted by Crippen LogP contribution is -2.36. The predicted molar refractivity (Wildman–Crippen MR) is 121 cm³/mol. The van der Waals surface area contributed by atoms with Gasteiger partial charge in [-0.05, 0) is 43.9 Å². The third-order valence-electron chi connectivity index (χ3n) is 5.92. The molecule has 0 bridgehead atoms. The molecule has 1 aliphatic rings. The Morgan fingerprint density at radius 1 is 1.03 bits per heavy atom. The van der Waals surface area contributed by atoms with Gasteiger partial charge >= 0.3 is 0 Å². The second-order valence-electron chi connectivity index (χ2n) is 8.41. The molecule has 4 rings (SSSR count). The van der Waals surface area contributed by atoms with Crippen LogP contribution in [-0.2, 0) is 11.3 Å². The number of fused-ring (bicyclic) bond motifs is 1. The average molecular weight is 440 g/mol. The molecule has 32 heavy (non-hydrogen) atoms. The van der Waals surface area contributed by atoms with E-state index in [1.54, 1.807) is 0 Å². The van der Waals surface area contributed by atoms with E-state index in [1.165, 1.54) is 12.1 Å². The molecule has 0 saturated heterocycles. The van der Waals surface area contributed by atoms with Crippen molar-refractivity contribution in [2.75, 3.05) is 24.3 Å². The van der Waals surface area contributed by atoms with Crippen LogP contribution in [0.25, 0.3) is 10.9 Å². The minimum absolute atomic E-state index is 0.0150. The normalized spacial score (nSPS) is 18.4. The van der Waals surface area contributed by atoms with E-state index in [4.69, 9.17) is 0 Å². The zero-order valence-electron chi connectivity index (χ0n) is 18.2. The van der Waals surface area contributed by atoms with Crippen LogP contribution in [0.15, 0.2) is 42.5 Å². The fourth-order valence-corrected chi connectivity index (χ4v) is 4.16. The number of nitrogens with zero attached hydrogens (tertiary/aromatic N) is 3. The summed E-state index contributed by atoms with van der Waals surface area (Å²) in [5, 5.41) is 7.17. The van der Waals surface area contributed by atoms with E-state index in [0.717, 1.165) is 35.6 Å². The molecule has 1 aromatic heterocycles. The molecule has 0 unspecified atom stereocenters. The van der Waals surface area contributed by atoms with Gasteiger partial charge in [0.2, 0.25) is 11.9 Å². The number of carbonyl (C=O) groups is 1. The predicted octanol–water partition coefficient (Wildman–Crippen LogP) is 4.26. The van der Waals surface area contributed by atoms with Crippen LogP contribution in [0.2, 0.25) is 0 Å². The van der Waals surface area contributed by atoms with Crippen molar-refractivity contribution in [3.8, 4) is 0 Å². The molecular weight excluding hydrogens is 412 g/mol. The Labute approximate surface area is 186 Å². The topological polar surface area (TPSA) is 70.2 Å². The first-order valence-electron chi connectivity index (χ1n) is 10.8. The first-order valence-corrected chi connectivity index (χ1v) is 10.8. The molecule has 1 heterocycles. The molecule has 0 aliphatic heterocycles. The SMILES string of the molecule is CN(C)c1nc(N[C@H]2CC[C@@H](C(=O)NCc3cccc(F)c3F)CC2)nc2ccccc12. The largest absolute Gasteiger partial charge is 0.362 e. The molecule has 0 spiro atoms. The van der Waals surface area contributed by atoms with Gasteiger partial charge in [-0.3, -0.25) is 4.79 Å². The quantitative estimate of drug-likeness (QED) is 0.601. The number of rotatable bonds is 6. The smallest absolute Gasteiger partial charge is 0.225 e. The monoisotopic (exact) mass is 439 g/mol. The van der Waals surface area contributed by atoms with Crippen LogP contribution in [0, 0.1) is 17.6 Å². The molecule has 1 fully saturated rings. The van der Waals surface area contributed by atoms with Gasteiger partial charge in [0, 0.05) is 43.5 Å². The van der Waals surface area contributed by atoms with Crippen molar-refractivity contribution >= 4 is 28.6 Å². The number of amides is 1. The zero-order valence-corrected chi connectivity index (χ0v) is 18.2. The van der Waals surface area contributed by atoms with Crippen molar-refractivity contribution in [1.29, 1.82) is 0 Å². The van der Waals surface area contributed by atoms with E-state index in [-0.39, 0.29) is 30.0 Å². The summed E-state index contributed by atoms with van der Waals surface area (Å²) in [7, 11) is 3.91. The van der Waals surface area contributed by atoms with Gasteiger partial charge in [-0.2, -0.15) is 4.98 Å². The van der Waals surface area contributed by atoms with Gasteiger partial charge in [0.25, 0.3) is 0 Å². The molecule has 168 valence electrons. The van der Waals surface area contributed by atoms with Gasteiger partial charge in [0.15, 0.2) is 11.6 Å². The molecule has 1 amide bonds. The first kappa shape index (κ1) is 21.9. The maximum atomic E-state index is 13.8. The van der Waals surface area contributed by atoms with Crippen LogP contribution in [-0.4, -0.2) is 36.0 Å². The average Bonchev–Trinajstić information content (AvgIpc) is 2.79. The Bertz CT molecular complexity index is 1110. The Balaban J connectivity index is 1.34. The third kappa shape index (κ3) is 4.79. The summed E-state index contributed by atoms with van der Waals surface area (Å²) in [6, 6.07) is 12.1. The molecule has 1 saturated carbocycles. The number of halogens is 2. The minimum Gasteiger partial charge on any atom is -0.362 e. The van der Waals surface area contributed by atoms with Crippen molar-refractivity contribution in [1.82, 2.24) is 15.3 Å². The highest BCUT2D eigenvalue weighted by atomic mass is 19.2. The molecule has 3 aromatic rings. The summed E-state index contributed by atoms with van der Waals surface area (Å²) in [6.07, 6.45) is 3.03. The molecule has 2 N–H and O–H groups in total. The van der Waals surface area contributed by atoms with Crippen molar-refractivity contribution in [2.45, 2.75) is 38.3 Å². The molecule has 0 radical (unpaired) electrons. The Hall–Kier alpha value is -3.29. The number of hydrogen-bond acceptors (Lipinski definition) is 5. The van der Waals surface area contributed by atoms with Gasteiger partial charge in [-0.25, -0.2) is 13.8 Å². The van der Waals surface area contributed by atoms with Crippen molar-refractivity contribution < 1.29 is 13.6 Å². The summed E-state index contributed by atoms with van der Waals surface area (Å²) in [5.74, 6) is -0.633. The van der Waals surface area contributed by atoms with Gasteiger partial charge < -0.3 is 15.5 Å². The highest BCUT2D eigenvalue weighted by Gasteiger charge is 2.27. The van der Waals surface area contributed by atoms with E-state index < -0.39 is 11.6 Å². The zero-order chi connectivity index (χ0) is 22.7. The fraction of sp³-hybridized carbons (Fsp3) is 0.375. The lowest BCUT2D eigenvalue weighted by molar-refractivity contribution is -0.126. The maximum Gasteiger partial charge on any atom is 0.225 e. The van der Waals surface area contributed by atoms with Gasteiger partial charge in [0.1, 0.15) is 5.82 Å². The van der Waals surface area contributed by atoms with Crippen molar-refractivity contribution in [3.63, 3.8) is 0 Å². The van der Waals surface area contributed by atoms with Gasteiger partial charge in [-0.1, -0.05) is 24.3 Å². The summed E-state index contributed by atoms with van der Waals surface area (Å²) >= 11 is 0. The first-order chi connectivity index (χ1) is 15.4. The number of nitrogens with one attached hydrogen (secondary N) is 2. The van der Waals surface area contributed by atoms with E-state index in [1.807, 2.05) is 43.3 Å². The number of benzene rings is 2. The van der Waals surface area contributed by atoms with Crippen LogP contribution in [0.1, 0.15) is 31.2 Å². The van der Waals surface area contributed by atoms with Crippen molar-refractivity contribution in [2.24, 2.45) is 5.92 Å². The number of para-hydroxylation sites is 1. The van der Waals surface area contributed by atoms with Crippen LogP contribution in [0.3, 0.4) is 0 Å². The van der Waals surface area contributed by atoms with E-state index >= 15 is 0 Å². The number of carbonyl (C=O) groups excluding carboxylic acids is 1. The third-order valence-corrected chi connectivity index (χ3v) is 5.92. The standard InChI is InChI=1S/C24H27F2N5O/c1-31(2)22-18-7-3-4-9-20(18)29-24(30-22)28-17-12-10-15(11-13-17)23(32)27-14-16-6-5-8-19(25)21(16)26/h3-9,15,17H,10-14H2,1-2H3,(H,27,32)(H,28,29,30)/t15-,17+. The second-order valence-corrected chi connectivity index (χ2v) is 8.41. The number of hydrogen-bond donors (Lipinski definition) is 2. The van der Waals surface area contributed by atoms with Crippen LogP contribution in [0.5, 0.6) is 0 Å². The molecule has 2 aromatic carbocycles. The molecule has 0 atom stereocenters.